The number of benzene rings is 2. The van der Waals surface area contributed by atoms with E-state index in [4.69, 9.17) is 17.3 Å². The second-order valence-corrected chi connectivity index (χ2v) is 4.92. The van der Waals surface area contributed by atoms with Crippen LogP contribution in [0.2, 0.25) is 5.02 Å². The molecule has 0 aliphatic carbocycles. The molecule has 0 saturated heterocycles. The fraction of sp³-hybridized carbons (Fsp3) is 0. The van der Waals surface area contributed by atoms with Gasteiger partial charge < -0.3 is 11.1 Å². The van der Waals surface area contributed by atoms with Gasteiger partial charge in [-0.05, 0) is 24.3 Å². The summed E-state index contributed by atoms with van der Waals surface area (Å²) in [5.41, 5.74) is 6.67. The maximum atomic E-state index is 13.6. The Morgan fingerprint density at radius 1 is 1.17 bits per heavy atom. The van der Waals surface area contributed by atoms with Gasteiger partial charge in [-0.15, -0.1) is 0 Å². The highest BCUT2D eigenvalue weighted by Gasteiger charge is 2.11. The molecule has 18 heavy (non-hydrogen) atoms. The predicted molar refractivity (Wildman–Crippen MR) is 73.2 cm³/mol. The molecule has 0 aromatic heterocycles. The van der Waals surface area contributed by atoms with E-state index in [9.17, 15) is 8.78 Å². The Morgan fingerprint density at radius 2 is 1.89 bits per heavy atom. The van der Waals surface area contributed by atoms with Crippen molar-refractivity contribution in [1.82, 2.24) is 0 Å². The van der Waals surface area contributed by atoms with Gasteiger partial charge in [-0.25, -0.2) is 8.78 Å². The lowest BCUT2D eigenvalue weighted by Crippen LogP contribution is -1.99. The molecule has 0 heterocycles. The van der Waals surface area contributed by atoms with Crippen LogP contribution < -0.4 is 11.1 Å². The Balaban J connectivity index is 2.40. The van der Waals surface area contributed by atoms with Crippen LogP contribution in [0.3, 0.4) is 0 Å². The molecular formula is C12H8BrClF2N2. The number of nitrogen functional groups attached to an aromatic ring is 1. The van der Waals surface area contributed by atoms with Gasteiger partial charge >= 0.3 is 0 Å². The molecule has 0 aliphatic rings. The molecule has 0 saturated carbocycles. The van der Waals surface area contributed by atoms with Crippen molar-refractivity contribution in [2.24, 2.45) is 0 Å². The van der Waals surface area contributed by atoms with E-state index in [0.717, 1.165) is 16.6 Å². The lowest BCUT2D eigenvalue weighted by Gasteiger charge is -2.12. The second kappa shape index (κ2) is 5.12. The van der Waals surface area contributed by atoms with E-state index in [-0.39, 0.29) is 10.7 Å². The van der Waals surface area contributed by atoms with E-state index in [1.54, 1.807) is 18.2 Å². The lowest BCUT2D eigenvalue weighted by atomic mass is 10.2. The summed E-state index contributed by atoms with van der Waals surface area (Å²) in [5.74, 6) is -1.51. The average molecular weight is 334 g/mol. The van der Waals surface area contributed by atoms with Crippen molar-refractivity contribution in [2.75, 3.05) is 11.1 Å². The Kier molecular flexibility index (Phi) is 3.73. The van der Waals surface area contributed by atoms with Gasteiger partial charge in [0.2, 0.25) is 0 Å². The van der Waals surface area contributed by atoms with Gasteiger partial charge in [0.05, 0.1) is 22.1 Å². The zero-order valence-corrected chi connectivity index (χ0v) is 11.3. The normalized spacial score (nSPS) is 10.4. The first kappa shape index (κ1) is 13.1. The van der Waals surface area contributed by atoms with Crippen LogP contribution in [0.4, 0.5) is 25.8 Å². The first-order valence-corrected chi connectivity index (χ1v) is 6.11. The van der Waals surface area contributed by atoms with Crippen molar-refractivity contribution in [3.8, 4) is 0 Å². The first-order valence-electron chi connectivity index (χ1n) is 4.94. The zero-order chi connectivity index (χ0) is 13.3. The van der Waals surface area contributed by atoms with Gasteiger partial charge in [0.25, 0.3) is 0 Å². The molecule has 94 valence electrons. The third kappa shape index (κ3) is 2.73. The molecule has 0 spiro atoms. The Bertz CT molecular complexity index is 582. The molecule has 2 rings (SSSR count). The highest BCUT2D eigenvalue weighted by molar-refractivity contribution is 9.10. The molecule has 0 amide bonds. The van der Waals surface area contributed by atoms with Gasteiger partial charge in [-0.2, -0.15) is 0 Å². The molecule has 2 nitrogen and oxygen atoms in total. The largest absolute Gasteiger partial charge is 0.397 e. The average Bonchev–Trinajstić information content (AvgIpc) is 2.25. The Labute approximate surface area is 116 Å². The molecular weight excluding hydrogens is 325 g/mol. The molecule has 0 aliphatic heterocycles. The first-order chi connectivity index (χ1) is 8.47. The topological polar surface area (TPSA) is 38.0 Å². The molecule has 0 unspecified atom stereocenters. The van der Waals surface area contributed by atoms with Gasteiger partial charge in [0.1, 0.15) is 5.82 Å². The van der Waals surface area contributed by atoms with E-state index >= 15 is 0 Å². The van der Waals surface area contributed by atoms with Crippen LogP contribution in [0, 0.1) is 11.6 Å². The van der Waals surface area contributed by atoms with Crippen LogP contribution in [-0.2, 0) is 0 Å². The molecule has 3 N–H and O–H groups in total. The number of rotatable bonds is 2. The SMILES string of the molecule is Nc1cc(Br)ccc1Nc1c(F)cc(F)cc1Cl. The number of halogens is 4. The van der Waals surface area contributed by atoms with Gasteiger partial charge in [0, 0.05) is 10.5 Å². The lowest BCUT2D eigenvalue weighted by molar-refractivity contribution is 0.586. The Hall–Kier alpha value is -1.33. The van der Waals surface area contributed by atoms with Crippen LogP contribution >= 0.6 is 27.5 Å². The number of hydrogen-bond donors (Lipinski definition) is 2. The molecule has 0 fully saturated rings. The van der Waals surface area contributed by atoms with Crippen molar-refractivity contribution in [3.63, 3.8) is 0 Å². The van der Waals surface area contributed by atoms with E-state index in [1.807, 2.05) is 0 Å². The minimum absolute atomic E-state index is 0.00732. The number of hydrogen-bond acceptors (Lipinski definition) is 2. The minimum Gasteiger partial charge on any atom is -0.397 e. The molecule has 6 heteroatoms. The smallest absolute Gasteiger partial charge is 0.151 e. The maximum absolute atomic E-state index is 13.6. The fourth-order valence-corrected chi connectivity index (χ4v) is 2.06. The van der Waals surface area contributed by atoms with Crippen LogP contribution in [0.5, 0.6) is 0 Å². The Morgan fingerprint density at radius 3 is 2.50 bits per heavy atom. The molecule has 2 aromatic rings. The second-order valence-electron chi connectivity index (χ2n) is 3.60. The molecule has 2 aromatic carbocycles. The molecule has 0 radical (unpaired) electrons. The summed E-state index contributed by atoms with van der Waals surface area (Å²) >= 11 is 9.04. The minimum atomic E-state index is -0.776. The summed E-state index contributed by atoms with van der Waals surface area (Å²) in [5, 5.41) is 2.70. The number of anilines is 3. The van der Waals surface area contributed by atoms with Crippen molar-refractivity contribution in [2.45, 2.75) is 0 Å². The summed E-state index contributed by atoms with van der Waals surface area (Å²) in [6.07, 6.45) is 0. The summed E-state index contributed by atoms with van der Waals surface area (Å²) < 4.78 is 27.3. The van der Waals surface area contributed by atoms with E-state index < -0.39 is 11.6 Å². The van der Waals surface area contributed by atoms with Gasteiger partial charge in [0.15, 0.2) is 5.82 Å². The number of nitrogens with two attached hydrogens (primary N) is 1. The fourth-order valence-electron chi connectivity index (χ4n) is 1.44. The van der Waals surface area contributed by atoms with Crippen molar-refractivity contribution < 1.29 is 8.78 Å². The highest BCUT2D eigenvalue weighted by Crippen LogP contribution is 2.32. The highest BCUT2D eigenvalue weighted by atomic mass is 79.9. The predicted octanol–water partition coefficient (Wildman–Crippen LogP) is 4.71. The van der Waals surface area contributed by atoms with Crippen LogP contribution in [0.15, 0.2) is 34.8 Å². The van der Waals surface area contributed by atoms with Crippen molar-refractivity contribution in [1.29, 1.82) is 0 Å². The summed E-state index contributed by atoms with van der Waals surface area (Å²) in [4.78, 5) is 0. The standard InChI is InChI=1S/C12H8BrClF2N2/c13-6-1-2-11(10(17)3-6)18-12-8(14)4-7(15)5-9(12)16/h1-5,18H,17H2. The van der Waals surface area contributed by atoms with Crippen LogP contribution in [-0.4, -0.2) is 0 Å². The molecule has 0 bridgehead atoms. The summed E-state index contributed by atoms with van der Waals surface area (Å²) in [6, 6.07) is 6.86. The summed E-state index contributed by atoms with van der Waals surface area (Å²) in [6.45, 7) is 0. The van der Waals surface area contributed by atoms with E-state index in [1.165, 1.54) is 0 Å². The third-order valence-electron chi connectivity index (χ3n) is 2.28. The third-order valence-corrected chi connectivity index (χ3v) is 3.07. The van der Waals surface area contributed by atoms with Crippen molar-refractivity contribution >= 4 is 44.6 Å². The zero-order valence-electron chi connectivity index (χ0n) is 8.98. The monoisotopic (exact) mass is 332 g/mol. The molecule has 0 atom stereocenters. The summed E-state index contributed by atoms with van der Waals surface area (Å²) in [7, 11) is 0. The number of nitrogens with one attached hydrogen (secondary N) is 1. The van der Waals surface area contributed by atoms with Crippen molar-refractivity contribution in [3.05, 3.63) is 51.5 Å². The van der Waals surface area contributed by atoms with Crippen LogP contribution in [0.1, 0.15) is 0 Å². The quantitative estimate of drug-likeness (QED) is 0.781. The van der Waals surface area contributed by atoms with Gasteiger partial charge in [-0.3, -0.25) is 0 Å². The van der Waals surface area contributed by atoms with Crippen LogP contribution in [0.25, 0.3) is 0 Å². The van der Waals surface area contributed by atoms with E-state index in [2.05, 4.69) is 21.2 Å². The maximum Gasteiger partial charge on any atom is 0.151 e. The van der Waals surface area contributed by atoms with Gasteiger partial charge in [-0.1, -0.05) is 27.5 Å². The van der Waals surface area contributed by atoms with E-state index in [0.29, 0.717) is 11.4 Å².